The molecule has 1 saturated heterocycles. The molecule has 0 N–H and O–H groups in total. The second-order valence-corrected chi connectivity index (χ2v) is 7.85. The fourth-order valence-corrected chi connectivity index (χ4v) is 3.81. The molecule has 1 fully saturated rings. The van der Waals surface area contributed by atoms with Crippen LogP contribution >= 0.6 is 24.0 Å². The van der Waals surface area contributed by atoms with Crippen molar-refractivity contribution in [1.29, 1.82) is 0 Å². The quantitative estimate of drug-likeness (QED) is 0.535. The minimum absolute atomic E-state index is 0.0539. The van der Waals surface area contributed by atoms with Gasteiger partial charge in [-0.05, 0) is 42.2 Å². The average molecular weight is 354 g/mol. The molecule has 1 heterocycles. The molecule has 1 amide bonds. The smallest absolute Gasteiger partial charge is 0.268 e. The van der Waals surface area contributed by atoms with E-state index in [-0.39, 0.29) is 5.91 Å². The van der Waals surface area contributed by atoms with Gasteiger partial charge in [0.2, 0.25) is 0 Å². The minimum atomic E-state index is -0.0539. The number of rotatable bonds is 3. The lowest BCUT2D eigenvalue weighted by Crippen LogP contribution is -2.27. The van der Waals surface area contributed by atoms with Crippen molar-refractivity contribution in [2.75, 3.05) is 4.90 Å². The Morgan fingerprint density at radius 3 is 2.25 bits per heavy atom. The predicted molar refractivity (Wildman–Crippen MR) is 107 cm³/mol. The van der Waals surface area contributed by atoms with Crippen LogP contribution in [0.15, 0.2) is 53.4 Å². The molecule has 0 aliphatic carbocycles. The summed E-state index contributed by atoms with van der Waals surface area (Å²) in [5.74, 6) is 0.445. The topological polar surface area (TPSA) is 20.3 Å². The number of hydrogen-bond donors (Lipinski definition) is 0. The summed E-state index contributed by atoms with van der Waals surface area (Å²) >= 11 is 6.76. The van der Waals surface area contributed by atoms with Gasteiger partial charge < -0.3 is 0 Å². The maximum atomic E-state index is 12.7. The number of thiocarbonyl (C=S) groups is 1. The van der Waals surface area contributed by atoms with Gasteiger partial charge in [0, 0.05) is 0 Å². The van der Waals surface area contributed by atoms with Gasteiger partial charge in [-0.3, -0.25) is 9.69 Å². The molecule has 0 aromatic heterocycles. The van der Waals surface area contributed by atoms with E-state index in [0.29, 0.717) is 15.1 Å². The van der Waals surface area contributed by atoms with E-state index >= 15 is 0 Å². The van der Waals surface area contributed by atoms with Crippen molar-refractivity contribution < 1.29 is 4.79 Å². The molecule has 0 atom stereocenters. The van der Waals surface area contributed by atoms with Gasteiger partial charge in [0.05, 0.1) is 10.6 Å². The monoisotopic (exact) mass is 353 g/mol. The van der Waals surface area contributed by atoms with Crippen molar-refractivity contribution in [2.45, 2.75) is 26.7 Å². The van der Waals surface area contributed by atoms with Crippen molar-refractivity contribution in [3.63, 3.8) is 0 Å². The van der Waals surface area contributed by atoms with Crippen LogP contribution < -0.4 is 4.90 Å². The average Bonchev–Trinajstić information content (AvgIpc) is 2.83. The van der Waals surface area contributed by atoms with Crippen LogP contribution in [-0.2, 0) is 4.79 Å². The summed E-state index contributed by atoms with van der Waals surface area (Å²) in [6, 6.07) is 16.2. The number of amides is 1. The zero-order valence-electron chi connectivity index (χ0n) is 13.9. The molecule has 4 heteroatoms. The highest BCUT2D eigenvalue weighted by atomic mass is 32.2. The molecule has 1 aliphatic rings. The first-order valence-corrected chi connectivity index (χ1v) is 9.13. The Labute approximate surface area is 152 Å². The summed E-state index contributed by atoms with van der Waals surface area (Å²) in [5, 5.41) is 0. The predicted octanol–water partition coefficient (Wildman–Crippen LogP) is 5.52. The number of hydrogen-bond acceptors (Lipinski definition) is 3. The van der Waals surface area contributed by atoms with Crippen molar-refractivity contribution in [1.82, 2.24) is 0 Å². The number of thioether (sulfide) groups is 1. The van der Waals surface area contributed by atoms with Gasteiger partial charge in [-0.15, -0.1) is 0 Å². The Morgan fingerprint density at radius 1 is 1.04 bits per heavy atom. The Kier molecular flexibility index (Phi) is 4.88. The van der Waals surface area contributed by atoms with Crippen LogP contribution in [0.1, 0.15) is 36.5 Å². The zero-order valence-corrected chi connectivity index (χ0v) is 15.6. The van der Waals surface area contributed by atoms with Gasteiger partial charge in [0.15, 0.2) is 4.32 Å². The van der Waals surface area contributed by atoms with Crippen LogP contribution in [-0.4, -0.2) is 10.2 Å². The van der Waals surface area contributed by atoms with E-state index in [1.54, 1.807) is 4.90 Å². The third kappa shape index (κ3) is 3.45. The summed E-state index contributed by atoms with van der Waals surface area (Å²) in [7, 11) is 0. The van der Waals surface area contributed by atoms with Crippen molar-refractivity contribution >= 4 is 46.0 Å². The van der Waals surface area contributed by atoms with E-state index in [4.69, 9.17) is 12.2 Å². The van der Waals surface area contributed by atoms with Crippen LogP contribution in [0.3, 0.4) is 0 Å². The van der Waals surface area contributed by atoms with E-state index in [2.05, 4.69) is 26.0 Å². The Morgan fingerprint density at radius 2 is 1.67 bits per heavy atom. The molecule has 122 valence electrons. The molecular formula is C20H19NOS2. The van der Waals surface area contributed by atoms with Gasteiger partial charge >= 0.3 is 0 Å². The lowest BCUT2D eigenvalue weighted by atomic mass is 10.0. The van der Waals surface area contributed by atoms with Gasteiger partial charge in [-0.25, -0.2) is 0 Å². The Balaban J connectivity index is 1.86. The highest BCUT2D eigenvalue weighted by molar-refractivity contribution is 8.27. The van der Waals surface area contributed by atoms with Crippen LogP contribution in [0.25, 0.3) is 6.08 Å². The van der Waals surface area contributed by atoms with Crippen LogP contribution in [0.2, 0.25) is 0 Å². The number of benzene rings is 2. The molecule has 0 radical (unpaired) electrons. The SMILES string of the molecule is Cc1ccc(N2C(=O)/C(=C/c3ccc(C(C)C)cc3)SC2=S)cc1. The van der Waals surface area contributed by atoms with Gasteiger partial charge in [0.25, 0.3) is 5.91 Å². The second-order valence-electron chi connectivity index (χ2n) is 6.17. The van der Waals surface area contributed by atoms with Crippen LogP contribution in [0.5, 0.6) is 0 Å². The Bertz CT molecular complexity index is 805. The first kappa shape index (κ1) is 16.9. The van der Waals surface area contributed by atoms with Crippen LogP contribution in [0, 0.1) is 6.92 Å². The summed E-state index contributed by atoms with van der Waals surface area (Å²) in [5.41, 5.74) is 4.29. The highest BCUT2D eigenvalue weighted by Gasteiger charge is 2.33. The lowest BCUT2D eigenvalue weighted by Gasteiger charge is -2.14. The fraction of sp³-hybridized carbons (Fsp3) is 0.200. The number of aryl methyl sites for hydroxylation is 1. The van der Waals surface area contributed by atoms with E-state index < -0.39 is 0 Å². The summed E-state index contributed by atoms with van der Waals surface area (Å²) in [6.07, 6.45) is 1.91. The number of carbonyl (C=O) groups is 1. The summed E-state index contributed by atoms with van der Waals surface area (Å²) in [6.45, 7) is 6.36. The maximum Gasteiger partial charge on any atom is 0.270 e. The van der Waals surface area contributed by atoms with E-state index in [1.807, 2.05) is 49.4 Å². The molecule has 24 heavy (non-hydrogen) atoms. The molecule has 0 unspecified atom stereocenters. The second kappa shape index (κ2) is 6.91. The standard InChI is InChI=1S/C20H19NOS2/c1-13(2)16-8-6-15(7-9-16)12-18-19(22)21(20(23)24-18)17-10-4-14(3)5-11-17/h4-13H,1-3H3/b18-12-. The molecular weight excluding hydrogens is 334 g/mol. The van der Waals surface area contributed by atoms with E-state index in [9.17, 15) is 4.79 Å². The summed E-state index contributed by atoms with van der Waals surface area (Å²) in [4.78, 5) is 15.0. The molecule has 0 bridgehead atoms. The van der Waals surface area contributed by atoms with E-state index in [0.717, 1.165) is 16.8 Å². The van der Waals surface area contributed by atoms with Crippen molar-refractivity contribution in [3.8, 4) is 0 Å². The molecule has 1 aliphatic heterocycles. The molecule has 0 spiro atoms. The highest BCUT2D eigenvalue weighted by Crippen LogP contribution is 2.36. The van der Waals surface area contributed by atoms with Gasteiger partial charge in [-0.1, -0.05) is 79.8 Å². The first-order chi connectivity index (χ1) is 11.5. The third-order valence-electron chi connectivity index (χ3n) is 3.99. The molecule has 0 saturated carbocycles. The number of carbonyl (C=O) groups excluding carboxylic acids is 1. The number of nitrogens with zero attached hydrogens (tertiary/aromatic N) is 1. The van der Waals surface area contributed by atoms with Gasteiger partial charge in [-0.2, -0.15) is 0 Å². The third-order valence-corrected chi connectivity index (χ3v) is 5.29. The minimum Gasteiger partial charge on any atom is -0.268 e. The summed E-state index contributed by atoms with van der Waals surface area (Å²) < 4.78 is 0.578. The fourth-order valence-electron chi connectivity index (χ4n) is 2.51. The van der Waals surface area contributed by atoms with Gasteiger partial charge in [0.1, 0.15) is 0 Å². The molecule has 2 aromatic carbocycles. The molecule has 2 aromatic rings. The number of anilines is 1. The molecule has 2 nitrogen and oxygen atoms in total. The van der Waals surface area contributed by atoms with Crippen LogP contribution in [0.4, 0.5) is 5.69 Å². The first-order valence-electron chi connectivity index (χ1n) is 7.90. The van der Waals surface area contributed by atoms with Crippen molar-refractivity contribution in [3.05, 3.63) is 70.1 Å². The maximum absolute atomic E-state index is 12.7. The van der Waals surface area contributed by atoms with E-state index in [1.165, 1.54) is 17.3 Å². The van der Waals surface area contributed by atoms with Crippen molar-refractivity contribution in [2.24, 2.45) is 0 Å². The normalized spacial score (nSPS) is 16.5. The largest absolute Gasteiger partial charge is 0.270 e. The lowest BCUT2D eigenvalue weighted by molar-refractivity contribution is -0.113. The molecule has 3 rings (SSSR count). The Hall–Kier alpha value is -1.91. The zero-order chi connectivity index (χ0) is 17.3.